The molecule has 0 bridgehead atoms. The van der Waals surface area contributed by atoms with E-state index in [1.54, 1.807) is 13.2 Å². The average Bonchev–Trinajstić information content (AvgIpc) is 3.42. The van der Waals surface area contributed by atoms with E-state index < -0.39 is 5.60 Å². The maximum absolute atomic E-state index is 12.9. The van der Waals surface area contributed by atoms with Gasteiger partial charge in [-0.2, -0.15) is 5.10 Å². The van der Waals surface area contributed by atoms with Gasteiger partial charge in [0, 0.05) is 43.0 Å². The Morgan fingerprint density at radius 2 is 1.78 bits per heavy atom. The van der Waals surface area contributed by atoms with Gasteiger partial charge in [0.25, 0.3) is 5.91 Å². The molecule has 0 atom stereocenters. The lowest BCUT2D eigenvalue weighted by atomic mass is 9.85. The first-order chi connectivity index (χ1) is 21.5. The van der Waals surface area contributed by atoms with Gasteiger partial charge in [-0.15, -0.1) is 0 Å². The summed E-state index contributed by atoms with van der Waals surface area (Å²) < 4.78 is 13.3. The third kappa shape index (κ3) is 8.75. The van der Waals surface area contributed by atoms with Crippen LogP contribution >= 0.6 is 0 Å². The van der Waals surface area contributed by atoms with Crippen LogP contribution < -0.4 is 10.1 Å². The number of ether oxygens (including phenoxy) is 2. The summed E-state index contributed by atoms with van der Waals surface area (Å²) in [5.74, 6) is 1.68. The largest absolute Gasteiger partial charge is 0.494 e. The number of nitrogens with one attached hydrogen (secondary N) is 1. The number of likely N-dealkylation sites (tertiary alicyclic amines) is 1. The summed E-state index contributed by atoms with van der Waals surface area (Å²) in [6.45, 7) is 11.4. The number of methoxy groups -OCH3 is 1. The molecule has 3 aromatic rings. The van der Waals surface area contributed by atoms with Crippen molar-refractivity contribution in [2.75, 3.05) is 45.7 Å². The summed E-state index contributed by atoms with van der Waals surface area (Å²) in [5.41, 5.74) is 2.19. The van der Waals surface area contributed by atoms with E-state index in [1.165, 1.54) is 19.3 Å². The standard InChI is InChI=1S/C35H50N6O4/c1-24-8-7-9-29(36-24)33(42)37-31-20-27-23-41(38-30(27)21-32(31)44-6)28-12-10-26(11-13-28)22-39(5)17-14-25-15-18-40(19-16-25)34(43)45-35(2,3)4/h7-9,20-21,23,25-26,28H,10-19,22H2,1-6H3,(H,37,42). The van der Waals surface area contributed by atoms with E-state index in [9.17, 15) is 9.59 Å². The molecule has 2 amide bonds. The molecule has 1 aliphatic heterocycles. The Morgan fingerprint density at radius 3 is 2.44 bits per heavy atom. The van der Waals surface area contributed by atoms with Crippen molar-refractivity contribution in [1.29, 1.82) is 0 Å². The molecule has 2 fully saturated rings. The number of hydrogen-bond acceptors (Lipinski definition) is 7. The van der Waals surface area contributed by atoms with Crippen LogP contribution in [0.2, 0.25) is 0 Å². The van der Waals surface area contributed by atoms with Gasteiger partial charge in [0.1, 0.15) is 17.0 Å². The van der Waals surface area contributed by atoms with Gasteiger partial charge in [-0.05, 0) is 116 Å². The van der Waals surface area contributed by atoms with Crippen LogP contribution in [-0.2, 0) is 4.74 Å². The molecule has 10 heteroatoms. The number of fused-ring (bicyclic) bond motifs is 1. The van der Waals surface area contributed by atoms with Crippen molar-refractivity contribution in [2.24, 2.45) is 11.8 Å². The fraction of sp³-hybridized carbons (Fsp3) is 0.600. The minimum Gasteiger partial charge on any atom is -0.494 e. The van der Waals surface area contributed by atoms with Crippen LogP contribution in [0.1, 0.15) is 87.9 Å². The normalized spacial score (nSPS) is 19.6. The molecule has 1 saturated heterocycles. The number of rotatable bonds is 9. The highest BCUT2D eigenvalue weighted by Crippen LogP contribution is 2.35. The van der Waals surface area contributed by atoms with E-state index in [0.717, 1.165) is 68.5 Å². The van der Waals surface area contributed by atoms with Gasteiger partial charge in [0.05, 0.1) is 24.4 Å². The summed E-state index contributed by atoms with van der Waals surface area (Å²) in [6, 6.07) is 9.61. The first-order valence-electron chi connectivity index (χ1n) is 16.5. The molecule has 1 saturated carbocycles. The molecule has 0 spiro atoms. The number of amides is 2. The fourth-order valence-corrected chi connectivity index (χ4v) is 6.64. The Bertz CT molecular complexity index is 1460. The first kappa shape index (κ1) is 32.7. The number of anilines is 1. The number of aryl methyl sites for hydroxylation is 1. The van der Waals surface area contributed by atoms with E-state index in [1.807, 2.05) is 56.9 Å². The van der Waals surface area contributed by atoms with E-state index in [0.29, 0.717) is 35.0 Å². The number of aromatic nitrogens is 3. The number of carbonyl (C=O) groups is 2. The average molecular weight is 619 g/mol. The van der Waals surface area contributed by atoms with Crippen LogP contribution in [-0.4, -0.2) is 82.5 Å². The van der Waals surface area contributed by atoms with Crippen LogP contribution in [0.15, 0.2) is 36.5 Å². The van der Waals surface area contributed by atoms with Crippen LogP contribution in [0, 0.1) is 18.8 Å². The summed E-state index contributed by atoms with van der Waals surface area (Å²) in [7, 11) is 3.85. The van der Waals surface area contributed by atoms with Gasteiger partial charge < -0.3 is 24.6 Å². The maximum atomic E-state index is 12.9. The quantitative estimate of drug-likeness (QED) is 0.285. The highest BCUT2D eigenvalue weighted by Gasteiger charge is 2.28. The van der Waals surface area contributed by atoms with Gasteiger partial charge in [-0.25, -0.2) is 9.78 Å². The highest BCUT2D eigenvalue weighted by atomic mass is 16.6. The van der Waals surface area contributed by atoms with Crippen molar-refractivity contribution >= 4 is 28.6 Å². The number of nitrogens with zero attached hydrogens (tertiary/aromatic N) is 5. The van der Waals surface area contributed by atoms with Crippen molar-refractivity contribution in [3.05, 3.63) is 47.9 Å². The topological polar surface area (TPSA) is 102 Å². The maximum Gasteiger partial charge on any atom is 0.410 e. The molecule has 244 valence electrons. The van der Waals surface area contributed by atoms with Gasteiger partial charge >= 0.3 is 6.09 Å². The van der Waals surface area contributed by atoms with Crippen LogP contribution in [0.25, 0.3) is 10.9 Å². The van der Waals surface area contributed by atoms with Crippen molar-refractivity contribution in [3.8, 4) is 5.75 Å². The van der Waals surface area contributed by atoms with Crippen molar-refractivity contribution in [1.82, 2.24) is 24.6 Å². The highest BCUT2D eigenvalue weighted by molar-refractivity contribution is 6.05. The van der Waals surface area contributed by atoms with E-state index in [4.69, 9.17) is 14.6 Å². The lowest BCUT2D eigenvalue weighted by Crippen LogP contribution is -2.42. The number of hydrogen-bond donors (Lipinski definition) is 1. The lowest BCUT2D eigenvalue weighted by molar-refractivity contribution is 0.0177. The Balaban J connectivity index is 1.08. The number of pyridine rings is 1. The predicted molar refractivity (Wildman–Crippen MR) is 177 cm³/mol. The van der Waals surface area contributed by atoms with Gasteiger partial charge in [-0.3, -0.25) is 9.48 Å². The van der Waals surface area contributed by atoms with Gasteiger partial charge in [0.15, 0.2) is 0 Å². The smallest absolute Gasteiger partial charge is 0.410 e. The second-order valence-corrected chi connectivity index (χ2v) is 14.0. The van der Waals surface area contributed by atoms with Gasteiger partial charge in [0.2, 0.25) is 0 Å². The van der Waals surface area contributed by atoms with Gasteiger partial charge in [-0.1, -0.05) is 6.07 Å². The Labute approximate surface area is 267 Å². The first-order valence-corrected chi connectivity index (χ1v) is 16.5. The monoisotopic (exact) mass is 618 g/mol. The summed E-state index contributed by atoms with van der Waals surface area (Å²) in [5, 5.41) is 8.84. The Kier molecular flexibility index (Phi) is 10.3. The lowest BCUT2D eigenvalue weighted by Gasteiger charge is -2.35. The molecule has 1 aromatic carbocycles. The molecule has 1 N–H and O–H groups in total. The zero-order chi connectivity index (χ0) is 32.1. The Hall–Kier alpha value is -3.66. The third-order valence-corrected chi connectivity index (χ3v) is 9.16. The molecule has 0 unspecified atom stereocenters. The van der Waals surface area contributed by atoms with E-state index in [-0.39, 0.29) is 12.0 Å². The SMILES string of the molecule is COc1cc2nn(C3CCC(CN(C)CCC4CCN(C(=O)OC(C)(C)C)CC4)CC3)cc2cc1NC(=O)c1cccc(C)n1. The van der Waals surface area contributed by atoms with Crippen LogP contribution in [0.3, 0.4) is 0 Å². The molecular weight excluding hydrogens is 568 g/mol. The molecule has 10 nitrogen and oxygen atoms in total. The van der Waals surface area contributed by atoms with Crippen LogP contribution in [0.5, 0.6) is 5.75 Å². The van der Waals surface area contributed by atoms with E-state index in [2.05, 4.69) is 33.1 Å². The third-order valence-electron chi connectivity index (χ3n) is 9.16. The second kappa shape index (κ2) is 14.2. The molecule has 45 heavy (non-hydrogen) atoms. The number of piperidine rings is 1. The fourth-order valence-electron chi connectivity index (χ4n) is 6.64. The molecule has 3 heterocycles. The molecule has 5 rings (SSSR count). The van der Waals surface area contributed by atoms with Crippen LogP contribution in [0.4, 0.5) is 10.5 Å². The molecular formula is C35H50N6O4. The minimum atomic E-state index is -0.443. The van der Waals surface area contributed by atoms with E-state index >= 15 is 0 Å². The number of benzene rings is 1. The zero-order valence-electron chi connectivity index (χ0n) is 27.8. The summed E-state index contributed by atoms with van der Waals surface area (Å²) in [4.78, 5) is 33.9. The summed E-state index contributed by atoms with van der Waals surface area (Å²) >= 11 is 0. The molecule has 0 radical (unpaired) electrons. The van der Waals surface area contributed by atoms with Crippen molar-refractivity contribution < 1.29 is 19.1 Å². The van der Waals surface area contributed by atoms with Crippen molar-refractivity contribution in [3.63, 3.8) is 0 Å². The number of carbonyl (C=O) groups excluding carboxylic acids is 2. The second-order valence-electron chi connectivity index (χ2n) is 14.0. The Morgan fingerprint density at radius 1 is 1.04 bits per heavy atom. The van der Waals surface area contributed by atoms with Crippen molar-refractivity contribution in [2.45, 2.75) is 84.3 Å². The zero-order valence-corrected chi connectivity index (χ0v) is 27.8. The molecule has 1 aliphatic carbocycles. The predicted octanol–water partition coefficient (Wildman–Crippen LogP) is 6.70. The summed E-state index contributed by atoms with van der Waals surface area (Å²) in [6.07, 6.45) is 9.80. The molecule has 2 aliphatic rings. The minimum absolute atomic E-state index is 0.179. The molecule has 2 aromatic heterocycles.